The van der Waals surface area contributed by atoms with Gasteiger partial charge in [0.2, 0.25) is 11.3 Å². The topological polar surface area (TPSA) is 67.2 Å². The molecule has 1 N–H and O–H groups in total. The number of amides is 1. The fraction of sp³-hybridized carbons (Fsp3) is 0.250. The molecule has 0 aliphatic carbocycles. The van der Waals surface area contributed by atoms with Gasteiger partial charge in [-0.25, -0.2) is 0 Å². The number of carbonyl (C=O) groups excluding carboxylic acids is 1. The van der Waals surface area contributed by atoms with E-state index in [0.717, 1.165) is 5.56 Å². The van der Waals surface area contributed by atoms with Crippen LogP contribution < -0.4 is 10.7 Å². The second kappa shape index (κ2) is 7.93. The Morgan fingerprint density at radius 1 is 1.12 bits per heavy atom. The van der Waals surface area contributed by atoms with Crippen molar-refractivity contribution in [3.05, 3.63) is 76.6 Å². The molecule has 0 fully saturated rings. The fourth-order valence-electron chi connectivity index (χ4n) is 2.96. The highest BCUT2D eigenvalue weighted by Crippen LogP contribution is 2.16. The number of hydrogen-bond donors (Lipinski definition) is 1. The summed E-state index contributed by atoms with van der Waals surface area (Å²) in [5.74, 6) is -0.144. The third kappa shape index (κ3) is 3.97. The van der Waals surface area contributed by atoms with Crippen molar-refractivity contribution in [2.24, 2.45) is 0 Å². The number of likely N-dealkylation sites (N-methyl/N-ethyl adjacent to an activating group) is 1. The summed E-state index contributed by atoms with van der Waals surface area (Å²) in [5, 5.41) is 7.63. The Morgan fingerprint density at radius 2 is 1.81 bits per heavy atom. The Balaban J connectivity index is 1.71. The largest absolute Gasteiger partial charge is 0.353 e. The third-order valence-corrected chi connectivity index (χ3v) is 4.36. The van der Waals surface area contributed by atoms with Gasteiger partial charge in [0.05, 0.1) is 17.8 Å². The van der Waals surface area contributed by atoms with Gasteiger partial charge in [-0.2, -0.15) is 5.10 Å². The Hall–Kier alpha value is -2.99. The lowest BCUT2D eigenvalue weighted by molar-refractivity contribution is -0.122. The van der Waals surface area contributed by atoms with Gasteiger partial charge in [-0.1, -0.05) is 42.5 Å². The maximum atomic E-state index is 12.4. The first-order valence-corrected chi connectivity index (χ1v) is 8.49. The van der Waals surface area contributed by atoms with Gasteiger partial charge in [-0.3, -0.25) is 14.3 Å². The van der Waals surface area contributed by atoms with Crippen molar-refractivity contribution < 1.29 is 4.79 Å². The Labute approximate surface area is 152 Å². The van der Waals surface area contributed by atoms with E-state index in [1.807, 2.05) is 50.5 Å². The molecule has 0 spiro atoms. The van der Waals surface area contributed by atoms with Gasteiger partial charge in [0, 0.05) is 11.9 Å². The van der Waals surface area contributed by atoms with Crippen LogP contribution in [0.3, 0.4) is 0 Å². The van der Waals surface area contributed by atoms with Crippen molar-refractivity contribution in [1.29, 1.82) is 0 Å². The number of benzene rings is 2. The minimum absolute atomic E-state index is 0.0652. The molecule has 3 rings (SSSR count). The van der Waals surface area contributed by atoms with Crippen molar-refractivity contribution in [3.8, 4) is 0 Å². The SMILES string of the molecule is CN(C)C(CNC(=O)Cn1ncc(=O)c2ccccc21)c1ccccc1. The Bertz CT molecular complexity index is 951. The van der Waals surface area contributed by atoms with E-state index in [-0.39, 0.29) is 23.9 Å². The lowest BCUT2D eigenvalue weighted by Gasteiger charge is -2.25. The zero-order valence-corrected chi connectivity index (χ0v) is 14.9. The molecule has 1 heterocycles. The molecule has 6 heteroatoms. The zero-order valence-electron chi connectivity index (χ0n) is 14.9. The highest BCUT2D eigenvalue weighted by Gasteiger charge is 2.15. The van der Waals surface area contributed by atoms with Crippen LogP contribution >= 0.6 is 0 Å². The van der Waals surface area contributed by atoms with Gasteiger partial charge in [0.25, 0.3) is 0 Å². The Kier molecular flexibility index (Phi) is 5.43. The van der Waals surface area contributed by atoms with Gasteiger partial charge in [0.1, 0.15) is 6.54 Å². The average molecular weight is 350 g/mol. The third-order valence-electron chi connectivity index (χ3n) is 4.36. The molecule has 0 aliphatic heterocycles. The van der Waals surface area contributed by atoms with Crippen molar-refractivity contribution >= 4 is 16.8 Å². The first-order valence-electron chi connectivity index (χ1n) is 8.49. The van der Waals surface area contributed by atoms with Gasteiger partial charge in [0.15, 0.2) is 0 Å². The molecule has 0 radical (unpaired) electrons. The van der Waals surface area contributed by atoms with Crippen LogP contribution in [0.2, 0.25) is 0 Å². The number of rotatable bonds is 6. The van der Waals surface area contributed by atoms with Crippen LogP contribution in [0.5, 0.6) is 0 Å². The Morgan fingerprint density at radius 3 is 2.54 bits per heavy atom. The molecule has 0 bridgehead atoms. The summed E-state index contributed by atoms with van der Waals surface area (Å²) >= 11 is 0. The van der Waals surface area contributed by atoms with Crippen LogP contribution in [-0.2, 0) is 11.3 Å². The van der Waals surface area contributed by atoms with Crippen molar-refractivity contribution in [3.63, 3.8) is 0 Å². The van der Waals surface area contributed by atoms with Gasteiger partial charge >= 0.3 is 0 Å². The van der Waals surface area contributed by atoms with Crippen LogP contribution in [0.15, 0.2) is 65.6 Å². The highest BCUT2D eigenvalue weighted by atomic mass is 16.2. The van der Waals surface area contributed by atoms with Crippen molar-refractivity contribution in [1.82, 2.24) is 20.0 Å². The maximum Gasteiger partial charge on any atom is 0.241 e. The van der Waals surface area contributed by atoms with E-state index < -0.39 is 0 Å². The van der Waals surface area contributed by atoms with Crippen LogP contribution in [0.4, 0.5) is 0 Å². The second-order valence-electron chi connectivity index (χ2n) is 6.38. The number of para-hydroxylation sites is 1. The first kappa shape index (κ1) is 17.8. The maximum absolute atomic E-state index is 12.4. The lowest BCUT2D eigenvalue weighted by Crippen LogP contribution is -2.36. The summed E-state index contributed by atoms with van der Waals surface area (Å²) in [6.45, 7) is 0.559. The summed E-state index contributed by atoms with van der Waals surface area (Å²) in [6, 6.07) is 17.3. The highest BCUT2D eigenvalue weighted by molar-refractivity contribution is 5.81. The van der Waals surface area contributed by atoms with E-state index in [1.54, 1.807) is 22.9 Å². The van der Waals surface area contributed by atoms with E-state index in [0.29, 0.717) is 17.4 Å². The predicted molar refractivity (Wildman–Crippen MR) is 102 cm³/mol. The standard InChI is InChI=1S/C20H22N4O2/c1-23(2)18(15-8-4-3-5-9-15)12-21-20(26)14-24-17-11-7-6-10-16(17)19(25)13-22-24/h3-11,13,18H,12,14H2,1-2H3,(H,21,26). The molecule has 0 aliphatic rings. The summed E-state index contributed by atoms with van der Waals surface area (Å²) in [4.78, 5) is 26.4. The van der Waals surface area contributed by atoms with Gasteiger partial charge in [-0.15, -0.1) is 0 Å². The molecule has 0 saturated heterocycles. The van der Waals surface area contributed by atoms with E-state index in [4.69, 9.17) is 0 Å². The number of hydrogen-bond acceptors (Lipinski definition) is 4. The molecule has 26 heavy (non-hydrogen) atoms. The number of nitrogens with one attached hydrogen (secondary N) is 1. The smallest absolute Gasteiger partial charge is 0.241 e. The van der Waals surface area contributed by atoms with Crippen LogP contribution in [-0.4, -0.2) is 41.2 Å². The first-order chi connectivity index (χ1) is 12.6. The van der Waals surface area contributed by atoms with E-state index in [2.05, 4.69) is 15.3 Å². The molecule has 134 valence electrons. The molecule has 1 unspecified atom stereocenters. The molecule has 3 aromatic rings. The van der Waals surface area contributed by atoms with E-state index >= 15 is 0 Å². The number of carbonyl (C=O) groups is 1. The van der Waals surface area contributed by atoms with Crippen LogP contribution in [0, 0.1) is 0 Å². The average Bonchev–Trinajstić information content (AvgIpc) is 2.65. The molecule has 6 nitrogen and oxygen atoms in total. The molecular weight excluding hydrogens is 328 g/mol. The molecule has 2 aromatic carbocycles. The van der Waals surface area contributed by atoms with E-state index in [1.165, 1.54) is 6.20 Å². The summed E-state index contributed by atoms with van der Waals surface area (Å²) in [5.41, 5.74) is 1.65. The zero-order chi connectivity index (χ0) is 18.5. The predicted octanol–water partition coefficient (Wildman–Crippen LogP) is 1.82. The van der Waals surface area contributed by atoms with Crippen LogP contribution in [0.1, 0.15) is 11.6 Å². The second-order valence-corrected chi connectivity index (χ2v) is 6.38. The summed E-state index contributed by atoms with van der Waals surface area (Å²) < 4.78 is 1.55. The molecule has 1 amide bonds. The van der Waals surface area contributed by atoms with Crippen molar-refractivity contribution in [2.45, 2.75) is 12.6 Å². The van der Waals surface area contributed by atoms with Crippen molar-refractivity contribution in [2.75, 3.05) is 20.6 Å². The van der Waals surface area contributed by atoms with E-state index in [9.17, 15) is 9.59 Å². The summed E-state index contributed by atoms with van der Waals surface area (Å²) in [6.07, 6.45) is 1.25. The lowest BCUT2D eigenvalue weighted by atomic mass is 10.1. The minimum Gasteiger partial charge on any atom is -0.353 e. The number of fused-ring (bicyclic) bond motifs is 1. The quantitative estimate of drug-likeness (QED) is 0.736. The summed E-state index contributed by atoms with van der Waals surface area (Å²) in [7, 11) is 3.97. The molecule has 1 aromatic heterocycles. The fourth-order valence-corrected chi connectivity index (χ4v) is 2.96. The molecule has 1 atom stereocenters. The molecule has 0 saturated carbocycles. The van der Waals surface area contributed by atoms with Gasteiger partial charge < -0.3 is 10.2 Å². The number of nitrogens with zero attached hydrogens (tertiary/aromatic N) is 3. The monoisotopic (exact) mass is 350 g/mol. The molecular formula is C20H22N4O2. The number of aromatic nitrogens is 2. The van der Waals surface area contributed by atoms with Crippen LogP contribution in [0.25, 0.3) is 10.9 Å². The van der Waals surface area contributed by atoms with Gasteiger partial charge in [-0.05, 0) is 31.8 Å². The normalized spacial score (nSPS) is 12.3. The minimum atomic E-state index is -0.144.